The largest absolute Gasteiger partial charge is 0.452 e. The highest BCUT2D eigenvalue weighted by atomic mass is 35.5. The van der Waals surface area contributed by atoms with Gasteiger partial charge in [-0.05, 0) is 62.6 Å². The van der Waals surface area contributed by atoms with Gasteiger partial charge in [-0.3, -0.25) is 19.3 Å². The minimum Gasteiger partial charge on any atom is -0.452 e. The number of anilines is 2. The lowest BCUT2D eigenvalue weighted by Crippen LogP contribution is -2.34. The Hall–Kier alpha value is -2.90. The predicted molar refractivity (Wildman–Crippen MR) is 129 cm³/mol. The molecule has 0 spiro atoms. The number of esters is 1. The van der Waals surface area contributed by atoms with Crippen LogP contribution < -0.4 is 10.2 Å². The summed E-state index contributed by atoms with van der Waals surface area (Å²) >= 11 is 12.4. The molecule has 34 heavy (non-hydrogen) atoms. The molecular weight excluding hydrogens is 479 g/mol. The number of ether oxygens (including phenoxy) is 1. The number of aryl methyl sites for hydroxylation is 2. The standard InChI is InChI=1S/C25H24Cl2N2O5/c1-13-3-8-21(14(2)9-13)28-22(30)12-34-25(33)15-4-6-16(7-5-15)29-23(31)17-10-19(26)20(27)11-18(17)24(29)32/h3-9,17-20H,10-12H2,1-2H3,(H,28,30)/t17-,18-,19-,20+/m1/s1. The number of carbonyl (C=O) groups excluding carboxylic acids is 4. The van der Waals surface area contributed by atoms with Crippen molar-refractivity contribution in [3.63, 3.8) is 0 Å². The van der Waals surface area contributed by atoms with E-state index in [2.05, 4.69) is 5.32 Å². The number of imide groups is 1. The summed E-state index contributed by atoms with van der Waals surface area (Å²) in [6.07, 6.45) is 0.714. The van der Waals surface area contributed by atoms with E-state index in [9.17, 15) is 19.2 Å². The molecule has 7 nitrogen and oxygen atoms in total. The third-order valence-electron chi connectivity index (χ3n) is 6.26. The van der Waals surface area contributed by atoms with Crippen LogP contribution in [0.25, 0.3) is 0 Å². The van der Waals surface area contributed by atoms with Crippen LogP contribution >= 0.6 is 23.2 Å². The highest BCUT2D eigenvalue weighted by Gasteiger charge is 2.52. The zero-order valence-electron chi connectivity index (χ0n) is 18.7. The van der Waals surface area contributed by atoms with Gasteiger partial charge in [0.2, 0.25) is 11.8 Å². The first-order valence-electron chi connectivity index (χ1n) is 11.0. The molecule has 178 valence electrons. The number of hydrogen-bond donors (Lipinski definition) is 1. The molecule has 3 amide bonds. The summed E-state index contributed by atoms with van der Waals surface area (Å²) < 4.78 is 5.11. The van der Waals surface area contributed by atoms with Crippen LogP contribution in [0, 0.1) is 25.7 Å². The summed E-state index contributed by atoms with van der Waals surface area (Å²) in [6.45, 7) is 3.39. The molecule has 0 unspecified atom stereocenters. The Labute approximate surface area is 207 Å². The number of halogens is 2. The second-order valence-electron chi connectivity index (χ2n) is 8.72. The second-order valence-corrected chi connectivity index (χ2v) is 9.84. The van der Waals surface area contributed by atoms with Crippen molar-refractivity contribution < 1.29 is 23.9 Å². The molecule has 1 aliphatic carbocycles. The second kappa shape index (κ2) is 9.76. The zero-order chi connectivity index (χ0) is 24.6. The lowest BCUT2D eigenvalue weighted by Gasteiger charge is -2.28. The number of nitrogens with one attached hydrogen (secondary N) is 1. The summed E-state index contributed by atoms with van der Waals surface area (Å²) in [4.78, 5) is 51.4. The van der Waals surface area contributed by atoms with Crippen molar-refractivity contribution in [2.24, 2.45) is 11.8 Å². The summed E-state index contributed by atoms with van der Waals surface area (Å²) in [7, 11) is 0. The lowest BCUT2D eigenvalue weighted by molar-refractivity contribution is -0.122. The molecule has 4 atom stereocenters. The van der Waals surface area contributed by atoms with Crippen molar-refractivity contribution in [2.75, 3.05) is 16.8 Å². The van der Waals surface area contributed by atoms with Crippen molar-refractivity contribution >= 4 is 58.3 Å². The van der Waals surface area contributed by atoms with Crippen LogP contribution in [-0.4, -0.2) is 41.1 Å². The van der Waals surface area contributed by atoms with Crippen molar-refractivity contribution in [1.29, 1.82) is 0 Å². The van der Waals surface area contributed by atoms with Gasteiger partial charge in [0.05, 0.1) is 33.8 Å². The third kappa shape index (κ3) is 4.81. The minimum absolute atomic E-state index is 0.196. The van der Waals surface area contributed by atoms with Crippen molar-refractivity contribution in [2.45, 2.75) is 37.4 Å². The molecule has 1 saturated carbocycles. The Bertz CT molecular complexity index is 1120. The lowest BCUT2D eigenvalue weighted by atomic mass is 9.80. The van der Waals surface area contributed by atoms with E-state index < -0.39 is 30.3 Å². The fourth-order valence-electron chi connectivity index (χ4n) is 4.45. The number of fused-ring (bicyclic) bond motifs is 1. The third-order valence-corrected chi connectivity index (χ3v) is 7.36. The van der Waals surface area contributed by atoms with E-state index in [4.69, 9.17) is 27.9 Å². The van der Waals surface area contributed by atoms with E-state index in [1.807, 2.05) is 26.0 Å². The molecule has 2 aliphatic rings. The highest BCUT2D eigenvalue weighted by molar-refractivity contribution is 6.31. The van der Waals surface area contributed by atoms with Crippen LogP contribution in [0.4, 0.5) is 11.4 Å². The first-order valence-corrected chi connectivity index (χ1v) is 11.8. The van der Waals surface area contributed by atoms with Crippen LogP contribution in [-0.2, 0) is 19.1 Å². The number of benzene rings is 2. The van der Waals surface area contributed by atoms with Gasteiger partial charge in [0.25, 0.3) is 5.91 Å². The molecular formula is C25H24Cl2N2O5. The first-order chi connectivity index (χ1) is 16.2. The van der Waals surface area contributed by atoms with Crippen LogP contribution in [0.2, 0.25) is 0 Å². The number of carbonyl (C=O) groups is 4. The topological polar surface area (TPSA) is 92.8 Å². The average Bonchev–Trinajstić information content (AvgIpc) is 3.04. The van der Waals surface area contributed by atoms with Crippen LogP contribution in [0.5, 0.6) is 0 Å². The summed E-state index contributed by atoms with van der Waals surface area (Å²) in [5.41, 5.74) is 3.20. The summed E-state index contributed by atoms with van der Waals surface area (Å²) in [5, 5.41) is 2.00. The molecule has 1 aliphatic heterocycles. The number of alkyl halides is 2. The molecule has 1 saturated heterocycles. The monoisotopic (exact) mass is 502 g/mol. The van der Waals surface area contributed by atoms with E-state index in [-0.39, 0.29) is 28.1 Å². The van der Waals surface area contributed by atoms with Crippen LogP contribution in [0.15, 0.2) is 42.5 Å². The van der Waals surface area contributed by atoms with E-state index in [0.717, 1.165) is 16.0 Å². The van der Waals surface area contributed by atoms with Gasteiger partial charge in [-0.2, -0.15) is 0 Å². The van der Waals surface area contributed by atoms with E-state index >= 15 is 0 Å². The molecule has 1 heterocycles. The van der Waals surface area contributed by atoms with Crippen molar-refractivity contribution in [1.82, 2.24) is 0 Å². The van der Waals surface area contributed by atoms with E-state index in [1.54, 1.807) is 6.07 Å². The molecule has 2 aromatic carbocycles. The van der Waals surface area contributed by atoms with Crippen LogP contribution in [0.3, 0.4) is 0 Å². The Morgan fingerprint density at radius 1 is 0.971 bits per heavy atom. The Morgan fingerprint density at radius 3 is 2.12 bits per heavy atom. The van der Waals surface area contributed by atoms with Gasteiger partial charge in [-0.25, -0.2) is 4.79 Å². The summed E-state index contributed by atoms with van der Waals surface area (Å²) in [5.74, 6) is -2.71. The summed E-state index contributed by atoms with van der Waals surface area (Å²) in [6, 6.07) is 11.5. The Morgan fingerprint density at radius 2 is 1.56 bits per heavy atom. The molecule has 2 fully saturated rings. The van der Waals surface area contributed by atoms with E-state index in [0.29, 0.717) is 24.2 Å². The SMILES string of the molecule is Cc1ccc(NC(=O)COC(=O)c2ccc(N3C(=O)[C@@H]4C[C@@H](Cl)[C@@H](Cl)C[C@H]4C3=O)cc2)c(C)c1. The van der Waals surface area contributed by atoms with Gasteiger partial charge in [-0.15, -0.1) is 23.2 Å². The maximum Gasteiger partial charge on any atom is 0.338 e. The first kappa shape index (κ1) is 24.2. The molecule has 2 aromatic rings. The molecule has 0 aromatic heterocycles. The van der Waals surface area contributed by atoms with E-state index in [1.165, 1.54) is 24.3 Å². The quantitative estimate of drug-likeness (QED) is 0.375. The van der Waals surface area contributed by atoms with Gasteiger partial charge < -0.3 is 10.1 Å². The fraction of sp³-hybridized carbons (Fsp3) is 0.360. The van der Waals surface area contributed by atoms with Gasteiger partial charge in [0.15, 0.2) is 6.61 Å². The smallest absolute Gasteiger partial charge is 0.338 e. The normalized spacial score (nSPS) is 24.1. The Balaban J connectivity index is 1.37. The van der Waals surface area contributed by atoms with Gasteiger partial charge in [0.1, 0.15) is 0 Å². The number of nitrogens with zero attached hydrogens (tertiary/aromatic N) is 1. The maximum absolute atomic E-state index is 12.9. The fourth-order valence-corrected chi connectivity index (χ4v) is 5.04. The molecule has 1 N–H and O–H groups in total. The van der Waals surface area contributed by atoms with Gasteiger partial charge in [-0.1, -0.05) is 17.7 Å². The number of amides is 3. The van der Waals surface area contributed by atoms with Gasteiger partial charge in [0, 0.05) is 5.69 Å². The van der Waals surface area contributed by atoms with Crippen molar-refractivity contribution in [3.05, 3.63) is 59.2 Å². The molecule has 4 rings (SSSR count). The Kier molecular flexibility index (Phi) is 6.96. The predicted octanol–water partition coefficient (Wildman–Crippen LogP) is 4.21. The average molecular weight is 503 g/mol. The highest BCUT2D eigenvalue weighted by Crippen LogP contribution is 2.43. The van der Waals surface area contributed by atoms with Gasteiger partial charge >= 0.3 is 5.97 Å². The van der Waals surface area contributed by atoms with Crippen LogP contribution in [0.1, 0.15) is 34.3 Å². The molecule has 0 bridgehead atoms. The number of rotatable bonds is 5. The molecule has 9 heteroatoms. The number of hydrogen-bond acceptors (Lipinski definition) is 5. The maximum atomic E-state index is 12.9. The molecule has 0 radical (unpaired) electrons. The minimum atomic E-state index is -0.690. The zero-order valence-corrected chi connectivity index (χ0v) is 20.2. The van der Waals surface area contributed by atoms with Crippen molar-refractivity contribution in [3.8, 4) is 0 Å².